The maximum Gasteiger partial charge on any atom is 0.248 e. The van der Waals surface area contributed by atoms with Crippen LogP contribution in [0.3, 0.4) is 0 Å². The van der Waals surface area contributed by atoms with Crippen molar-refractivity contribution in [1.29, 1.82) is 0 Å². The van der Waals surface area contributed by atoms with Gasteiger partial charge in [-0.15, -0.1) is 0 Å². The maximum absolute atomic E-state index is 3.72. The molecule has 0 aromatic carbocycles. The minimum Gasteiger partial charge on any atom is -0.236 e. The van der Waals surface area contributed by atoms with E-state index in [1.165, 1.54) is 0 Å². The Morgan fingerprint density at radius 3 is 1.71 bits per heavy atom. The standard InChI is InChI=1S/C13H18N4/c1-3-14-8-10-16(12-14)6-5-7-17-11-9-15(4-2)13-17/h3-4,8-13H,1-2,5-7H2/q+2. The highest BCUT2D eigenvalue weighted by Crippen LogP contribution is 1.88. The molecule has 0 unspecified atom stereocenters. The largest absolute Gasteiger partial charge is 0.248 e. The first-order valence-corrected chi connectivity index (χ1v) is 5.70. The van der Waals surface area contributed by atoms with Gasteiger partial charge in [0.2, 0.25) is 12.7 Å². The van der Waals surface area contributed by atoms with Gasteiger partial charge in [0, 0.05) is 6.42 Å². The van der Waals surface area contributed by atoms with Crippen LogP contribution in [-0.4, -0.2) is 9.13 Å². The first-order valence-electron chi connectivity index (χ1n) is 5.70. The fraction of sp³-hybridized carbons (Fsp3) is 0.231. The molecule has 0 N–H and O–H groups in total. The first kappa shape index (κ1) is 11.4. The number of aryl methyl sites for hydroxylation is 2. The lowest BCUT2D eigenvalue weighted by Gasteiger charge is -1.94. The first-order chi connectivity index (χ1) is 8.31. The fourth-order valence-electron chi connectivity index (χ4n) is 1.74. The molecule has 0 fully saturated rings. The van der Waals surface area contributed by atoms with Crippen molar-refractivity contribution in [3.63, 3.8) is 0 Å². The molecule has 0 spiro atoms. The van der Waals surface area contributed by atoms with Gasteiger partial charge < -0.3 is 0 Å². The minimum absolute atomic E-state index is 1.01. The van der Waals surface area contributed by atoms with Gasteiger partial charge in [-0.3, -0.25) is 0 Å². The van der Waals surface area contributed by atoms with Gasteiger partial charge in [0.05, 0.1) is 25.5 Å². The van der Waals surface area contributed by atoms with Crippen LogP contribution in [0.5, 0.6) is 0 Å². The second kappa shape index (κ2) is 5.30. The lowest BCUT2D eigenvalue weighted by atomic mass is 10.4. The Morgan fingerprint density at radius 1 is 0.882 bits per heavy atom. The second-order valence-electron chi connectivity index (χ2n) is 3.92. The number of hydrogen-bond donors (Lipinski definition) is 0. The van der Waals surface area contributed by atoms with Crippen LogP contribution in [0.4, 0.5) is 0 Å². The molecule has 0 aliphatic heterocycles. The van der Waals surface area contributed by atoms with Gasteiger partial charge in [-0.25, -0.2) is 18.3 Å². The van der Waals surface area contributed by atoms with E-state index in [0.717, 1.165) is 19.5 Å². The van der Waals surface area contributed by atoms with Gasteiger partial charge in [-0.1, -0.05) is 13.2 Å². The molecule has 0 amide bonds. The van der Waals surface area contributed by atoms with Crippen molar-refractivity contribution in [2.75, 3.05) is 0 Å². The summed E-state index contributed by atoms with van der Waals surface area (Å²) in [6, 6.07) is 0. The summed E-state index contributed by atoms with van der Waals surface area (Å²) in [5, 5.41) is 0. The summed E-state index contributed by atoms with van der Waals surface area (Å²) in [5.74, 6) is 0. The van der Waals surface area contributed by atoms with Crippen LogP contribution in [0.25, 0.3) is 12.4 Å². The number of hydrogen-bond acceptors (Lipinski definition) is 0. The van der Waals surface area contributed by atoms with Gasteiger partial charge in [0.15, 0.2) is 0 Å². The third kappa shape index (κ3) is 2.93. The summed E-state index contributed by atoms with van der Waals surface area (Å²) in [6.45, 7) is 9.45. The summed E-state index contributed by atoms with van der Waals surface area (Å²) in [4.78, 5) is 0. The molecule has 0 aliphatic rings. The van der Waals surface area contributed by atoms with Crippen molar-refractivity contribution in [3.05, 3.63) is 50.6 Å². The molecular weight excluding hydrogens is 212 g/mol. The summed E-state index contributed by atoms with van der Waals surface area (Å²) in [7, 11) is 0. The second-order valence-corrected chi connectivity index (χ2v) is 3.92. The van der Waals surface area contributed by atoms with Gasteiger partial charge in [-0.05, 0) is 0 Å². The average molecular weight is 230 g/mol. The summed E-state index contributed by atoms with van der Waals surface area (Å²) < 4.78 is 8.21. The molecular formula is C13H18N4+2. The van der Waals surface area contributed by atoms with Crippen molar-refractivity contribution >= 4 is 12.4 Å². The molecule has 0 aliphatic carbocycles. The van der Waals surface area contributed by atoms with Crippen LogP contribution in [-0.2, 0) is 13.1 Å². The number of aromatic nitrogens is 4. The number of nitrogens with zero attached hydrogens (tertiary/aromatic N) is 4. The van der Waals surface area contributed by atoms with Crippen LogP contribution in [0.1, 0.15) is 6.42 Å². The molecule has 17 heavy (non-hydrogen) atoms. The molecule has 0 saturated heterocycles. The van der Waals surface area contributed by atoms with Gasteiger partial charge in [0.1, 0.15) is 24.8 Å². The number of imidazole rings is 2. The Bertz CT molecular complexity index is 461. The van der Waals surface area contributed by atoms with Crippen LogP contribution in [0.15, 0.2) is 50.6 Å². The van der Waals surface area contributed by atoms with Crippen molar-refractivity contribution < 1.29 is 9.13 Å². The van der Waals surface area contributed by atoms with Crippen molar-refractivity contribution in [1.82, 2.24) is 9.13 Å². The highest BCUT2D eigenvalue weighted by Gasteiger charge is 2.04. The topological polar surface area (TPSA) is 17.6 Å². The smallest absolute Gasteiger partial charge is 0.236 e. The van der Waals surface area contributed by atoms with E-state index < -0.39 is 0 Å². The molecule has 0 radical (unpaired) electrons. The Balaban J connectivity index is 1.82. The molecule has 0 saturated carbocycles. The molecule has 4 heteroatoms. The zero-order valence-electron chi connectivity index (χ0n) is 9.94. The third-order valence-electron chi connectivity index (χ3n) is 2.68. The molecule has 2 aromatic rings. The van der Waals surface area contributed by atoms with E-state index in [9.17, 15) is 0 Å². The molecule has 4 nitrogen and oxygen atoms in total. The highest BCUT2D eigenvalue weighted by atomic mass is 15.1. The molecule has 2 heterocycles. The summed E-state index contributed by atoms with van der Waals surface area (Å²) >= 11 is 0. The van der Waals surface area contributed by atoms with Crippen LogP contribution >= 0.6 is 0 Å². The summed E-state index contributed by atoms with van der Waals surface area (Å²) in [6.07, 6.45) is 16.8. The van der Waals surface area contributed by atoms with Gasteiger partial charge in [-0.2, -0.15) is 0 Å². The van der Waals surface area contributed by atoms with Crippen molar-refractivity contribution in [3.8, 4) is 0 Å². The van der Waals surface area contributed by atoms with Crippen LogP contribution in [0.2, 0.25) is 0 Å². The SMILES string of the molecule is C=Cn1cc[n+](CCC[n+]2ccn(C=C)c2)c1. The zero-order valence-corrected chi connectivity index (χ0v) is 9.94. The number of rotatable bonds is 6. The molecule has 0 atom stereocenters. The average Bonchev–Trinajstić information content (AvgIpc) is 2.97. The van der Waals surface area contributed by atoms with E-state index >= 15 is 0 Å². The molecule has 0 bridgehead atoms. The lowest BCUT2D eigenvalue weighted by Crippen LogP contribution is -2.36. The highest BCUT2D eigenvalue weighted by molar-refractivity contribution is 5.13. The molecule has 2 rings (SSSR count). The van der Waals surface area contributed by atoms with Gasteiger partial charge >= 0.3 is 0 Å². The van der Waals surface area contributed by atoms with Crippen LogP contribution < -0.4 is 9.13 Å². The maximum atomic E-state index is 3.72. The normalized spacial score (nSPS) is 10.4. The monoisotopic (exact) mass is 230 g/mol. The van der Waals surface area contributed by atoms with Crippen molar-refractivity contribution in [2.24, 2.45) is 0 Å². The molecule has 88 valence electrons. The van der Waals surface area contributed by atoms with E-state index in [0.29, 0.717) is 0 Å². The zero-order chi connectivity index (χ0) is 12.1. The minimum atomic E-state index is 1.01. The quantitative estimate of drug-likeness (QED) is 0.663. The Morgan fingerprint density at radius 2 is 1.35 bits per heavy atom. The Kier molecular flexibility index (Phi) is 3.55. The predicted octanol–water partition coefficient (Wildman–Crippen LogP) is 1.16. The summed E-state index contributed by atoms with van der Waals surface area (Å²) in [5.41, 5.74) is 0. The van der Waals surface area contributed by atoms with Crippen LogP contribution in [0, 0.1) is 0 Å². The van der Waals surface area contributed by atoms with E-state index in [-0.39, 0.29) is 0 Å². The lowest BCUT2D eigenvalue weighted by molar-refractivity contribution is -0.726. The fourth-order valence-corrected chi connectivity index (χ4v) is 1.74. The van der Waals surface area contributed by atoms with E-state index in [1.807, 2.05) is 34.2 Å². The third-order valence-corrected chi connectivity index (χ3v) is 2.68. The predicted molar refractivity (Wildman–Crippen MR) is 66.6 cm³/mol. The van der Waals surface area contributed by atoms with E-state index in [2.05, 4.69) is 34.7 Å². The molecule has 2 aromatic heterocycles. The van der Waals surface area contributed by atoms with Crippen molar-refractivity contribution in [2.45, 2.75) is 19.5 Å². The van der Waals surface area contributed by atoms with E-state index in [4.69, 9.17) is 0 Å². The Hall–Kier alpha value is -2.10. The van der Waals surface area contributed by atoms with Gasteiger partial charge in [0.25, 0.3) is 0 Å². The van der Waals surface area contributed by atoms with E-state index in [1.54, 1.807) is 12.4 Å². The Labute approximate surface area is 101 Å².